The van der Waals surface area contributed by atoms with E-state index in [1.807, 2.05) is 89.6 Å². The van der Waals surface area contributed by atoms with Crippen molar-refractivity contribution >= 4 is 44.7 Å². The Kier molecular flexibility index (Phi) is 6.49. The summed E-state index contributed by atoms with van der Waals surface area (Å²) in [7, 11) is 1.65. The Bertz CT molecular complexity index is 1460. The highest BCUT2D eigenvalue weighted by atomic mass is 79.9. The lowest BCUT2D eigenvalue weighted by molar-refractivity contribution is 0.415. The lowest BCUT2D eigenvalue weighted by Crippen LogP contribution is -2.03. The summed E-state index contributed by atoms with van der Waals surface area (Å²) in [6, 6.07) is 31.4. The maximum absolute atomic E-state index is 6.40. The number of nitrogens with one attached hydrogen (secondary N) is 1. The molecule has 35 heavy (non-hydrogen) atoms. The molecule has 0 aliphatic rings. The maximum atomic E-state index is 6.40. The molecule has 0 aliphatic carbocycles. The summed E-state index contributed by atoms with van der Waals surface area (Å²) in [5.41, 5.74) is 12.5. The third-order valence-electron chi connectivity index (χ3n) is 5.65. The van der Waals surface area contributed by atoms with Gasteiger partial charge in [0.15, 0.2) is 5.82 Å². The topological polar surface area (TPSA) is 65.1 Å². The third kappa shape index (κ3) is 4.76. The van der Waals surface area contributed by atoms with Crippen LogP contribution in [-0.2, 0) is 0 Å². The number of benzene rings is 4. The average molecular weight is 546 g/mol. The minimum atomic E-state index is 0.628. The molecule has 0 atom stereocenters. The van der Waals surface area contributed by atoms with Gasteiger partial charge in [-0.25, -0.2) is 4.68 Å². The highest BCUT2D eigenvalue weighted by molar-refractivity contribution is 9.10. The van der Waals surface area contributed by atoms with Gasteiger partial charge in [-0.2, -0.15) is 0 Å². The second-order valence-corrected chi connectivity index (χ2v) is 9.26. The molecule has 5 nitrogen and oxygen atoms in total. The molecule has 0 unspecified atom stereocenters. The van der Waals surface area contributed by atoms with Crippen LogP contribution in [0, 0.1) is 0 Å². The molecule has 0 bridgehead atoms. The first kappa shape index (κ1) is 23.0. The van der Waals surface area contributed by atoms with Gasteiger partial charge in [0.05, 0.1) is 29.7 Å². The van der Waals surface area contributed by atoms with E-state index in [4.69, 9.17) is 27.2 Å². The number of aromatic nitrogens is 2. The fourth-order valence-electron chi connectivity index (χ4n) is 3.94. The molecule has 5 rings (SSSR count). The van der Waals surface area contributed by atoms with Crippen molar-refractivity contribution in [3.8, 4) is 33.8 Å². The minimum absolute atomic E-state index is 0.628. The third-order valence-corrected chi connectivity index (χ3v) is 6.43. The van der Waals surface area contributed by atoms with Crippen molar-refractivity contribution in [1.82, 2.24) is 9.78 Å². The van der Waals surface area contributed by atoms with Crippen molar-refractivity contribution in [3.63, 3.8) is 0 Å². The van der Waals surface area contributed by atoms with E-state index >= 15 is 0 Å². The number of hydrogen-bond acceptors (Lipinski definition) is 4. The van der Waals surface area contributed by atoms with Crippen LogP contribution in [0.3, 0.4) is 0 Å². The predicted octanol–water partition coefficient (Wildman–Crippen LogP) is 7.96. The largest absolute Gasteiger partial charge is 0.497 e. The molecule has 3 N–H and O–H groups in total. The van der Waals surface area contributed by atoms with Gasteiger partial charge in [-0.15, -0.1) is 5.10 Å². The van der Waals surface area contributed by atoms with Crippen molar-refractivity contribution in [3.05, 3.63) is 107 Å². The van der Waals surface area contributed by atoms with Gasteiger partial charge in [-0.05, 0) is 66.2 Å². The molecule has 0 spiro atoms. The molecule has 1 aromatic heterocycles. The SMILES string of the molecule is COc1ccc(Nc2nn(-c3ccccc3N)c(-c3ccc(Cl)cc3)c2-c2ccc(Br)cc2)cc1. The van der Waals surface area contributed by atoms with Crippen LogP contribution >= 0.6 is 27.5 Å². The van der Waals surface area contributed by atoms with Crippen molar-refractivity contribution in [2.24, 2.45) is 0 Å². The zero-order valence-corrected chi connectivity index (χ0v) is 21.2. The normalized spacial score (nSPS) is 10.8. The molecule has 1 heterocycles. The van der Waals surface area contributed by atoms with E-state index in [2.05, 4.69) is 33.4 Å². The second kappa shape index (κ2) is 9.86. The van der Waals surface area contributed by atoms with Crippen molar-refractivity contribution in [2.75, 3.05) is 18.2 Å². The molecule has 4 aromatic carbocycles. The number of para-hydroxylation sites is 2. The Balaban J connectivity index is 1.78. The van der Waals surface area contributed by atoms with E-state index in [9.17, 15) is 0 Å². The number of nitrogens with zero attached hydrogens (tertiary/aromatic N) is 2. The van der Waals surface area contributed by atoms with Crippen molar-refractivity contribution in [1.29, 1.82) is 0 Å². The highest BCUT2D eigenvalue weighted by Gasteiger charge is 2.23. The first-order valence-electron chi connectivity index (χ1n) is 10.9. The van der Waals surface area contributed by atoms with E-state index in [-0.39, 0.29) is 0 Å². The first-order chi connectivity index (χ1) is 17.0. The molecule has 0 radical (unpaired) electrons. The number of rotatable bonds is 6. The number of nitrogens with two attached hydrogens (primary N) is 1. The summed E-state index contributed by atoms with van der Waals surface area (Å²) in [5, 5.41) is 9.20. The summed E-state index contributed by atoms with van der Waals surface area (Å²) in [6.45, 7) is 0. The Labute approximate surface area is 217 Å². The van der Waals surface area contributed by atoms with Gasteiger partial charge >= 0.3 is 0 Å². The van der Waals surface area contributed by atoms with E-state index in [1.165, 1.54) is 0 Å². The lowest BCUT2D eigenvalue weighted by Gasteiger charge is -2.12. The summed E-state index contributed by atoms with van der Waals surface area (Å²) in [4.78, 5) is 0. The molecule has 5 aromatic rings. The standard InChI is InChI=1S/C28H22BrClN4O/c1-35-23-16-14-22(15-17-23)32-28-26(18-6-10-20(29)11-7-18)27(19-8-12-21(30)13-9-19)34(33-28)25-5-3-2-4-24(25)31/h2-17H,31H2,1H3,(H,32,33). The van der Waals surface area contributed by atoms with Crippen LogP contribution in [0.15, 0.2) is 102 Å². The summed E-state index contributed by atoms with van der Waals surface area (Å²) in [6.07, 6.45) is 0. The van der Waals surface area contributed by atoms with Crippen LogP contribution in [0.1, 0.15) is 0 Å². The Morgan fingerprint density at radius 2 is 1.51 bits per heavy atom. The van der Waals surface area contributed by atoms with Gasteiger partial charge in [0.2, 0.25) is 0 Å². The molecular formula is C28H22BrClN4O. The zero-order chi connectivity index (χ0) is 24.4. The van der Waals surface area contributed by atoms with Crippen LogP contribution in [-0.4, -0.2) is 16.9 Å². The quantitative estimate of drug-likeness (QED) is 0.212. The number of hydrogen-bond donors (Lipinski definition) is 2. The smallest absolute Gasteiger partial charge is 0.161 e. The Morgan fingerprint density at radius 1 is 0.857 bits per heavy atom. The number of ether oxygens (including phenoxy) is 1. The van der Waals surface area contributed by atoms with Crippen LogP contribution in [0.2, 0.25) is 5.02 Å². The minimum Gasteiger partial charge on any atom is -0.497 e. The molecule has 0 aliphatic heterocycles. The Hall–Kier alpha value is -3.74. The zero-order valence-electron chi connectivity index (χ0n) is 18.9. The maximum Gasteiger partial charge on any atom is 0.161 e. The van der Waals surface area contributed by atoms with Crippen LogP contribution in [0.4, 0.5) is 17.2 Å². The monoisotopic (exact) mass is 544 g/mol. The molecule has 0 saturated carbocycles. The highest BCUT2D eigenvalue weighted by Crippen LogP contribution is 2.42. The second-order valence-electron chi connectivity index (χ2n) is 7.91. The molecular weight excluding hydrogens is 524 g/mol. The number of nitrogen functional groups attached to an aromatic ring is 1. The van der Waals surface area contributed by atoms with E-state index in [0.29, 0.717) is 16.5 Å². The first-order valence-corrected chi connectivity index (χ1v) is 12.1. The van der Waals surface area contributed by atoms with Gasteiger partial charge in [0.25, 0.3) is 0 Å². The van der Waals surface area contributed by atoms with E-state index in [1.54, 1.807) is 7.11 Å². The van der Waals surface area contributed by atoms with E-state index in [0.717, 1.165) is 44.0 Å². The van der Waals surface area contributed by atoms with Gasteiger partial charge in [0.1, 0.15) is 5.75 Å². The summed E-state index contributed by atoms with van der Waals surface area (Å²) in [5.74, 6) is 1.49. The Morgan fingerprint density at radius 3 is 2.17 bits per heavy atom. The van der Waals surface area contributed by atoms with Crippen molar-refractivity contribution < 1.29 is 4.74 Å². The lowest BCUT2D eigenvalue weighted by atomic mass is 10.00. The van der Waals surface area contributed by atoms with Gasteiger partial charge in [-0.1, -0.05) is 63.9 Å². The van der Waals surface area contributed by atoms with Crippen LogP contribution < -0.4 is 15.8 Å². The van der Waals surface area contributed by atoms with E-state index < -0.39 is 0 Å². The molecule has 0 fully saturated rings. The average Bonchev–Trinajstić information content (AvgIpc) is 3.24. The fourth-order valence-corrected chi connectivity index (χ4v) is 4.33. The molecule has 0 saturated heterocycles. The molecule has 0 amide bonds. The van der Waals surface area contributed by atoms with Gasteiger partial charge in [-0.3, -0.25) is 0 Å². The van der Waals surface area contributed by atoms with Gasteiger partial charge in [0, 0.05) is 20.7 Å². The number of halogens is 2. The summed E-state index contributed by atoms with van der Waals surface area (Å²) < 4.78 is 8.20. The summed E-state index contributed by atoms with van der Waals surface area (Å²) >= 11 is 9.77. The number of anilines is 3. The molecule has 174 valence electrons. The fraction of sp³-hybridized carbons (Fsp3) is 0.0357. The van der Waals surface area contributed by atoms with Gasteiger partial charge < -0.3 is 15.8 Å². The van der Waals surface area contributed by atoms with Crippen molar-refractivity contribution in [2.45, 2.75) is 0 Å². The van der Waals surface area contributed by atoms with Crippen LogP contribution in [0.5, 0.6) is 5.75 Å². The molecule has 7 heteroatoms. The number of methoxy groups -OCH3 is 1. The van der Waals surface area contributed by atoms with Crippen LogP contribution in [0.25, 0.3) is 28.1 Å². The predicted molar refractivity (Wildman–Crippen MR) is 148 cm³/mol.